The first-order chi connectivity index (χ1) is 10.2. The van der Waals surface area contributed by atoms with E-state index in [0.29, 0.717) is 5.92 Å². The molecule has 106 valence electrons. The summed E-state index contributed by atoms with van der Waals surface area (Å²) in [5.41, 5.74) is 4.55. The average Bonchev–Trinajstić information content (AvgIpc) is 2.79. The highest BCUT2D eigenvalue weighted by Crippen LogP contribution is 2.52. The second kappa shape index (κ2) is 5.73. The number of allylic oxidation sites excluding steroid dienone is 16. The summed E-state index contributed by atoms with van der Waals surface area (Å²) in [6.07, 6.45) is 29.4. The first kappa shape index (κ1) is 13.9. The quantitative estimate of drug-likeness (QED) is 0.538. The largest absolute Gasteiger partial charge is 0.0801 e. The van der Waals surface area contributed by atoms with Gasteiger partial charge in [-0.1, -0.05) is 92.8 Å². The first-order valence-corrected chi connectivity index (χ1v) is 7.67. The van der Waals surface area contributed by atoms with Gasteiger partial charge in [0.25, 0.3) is 0 Å². The Hall–Kier alpha value is -2.08. The summed E-state index contributed by atoms with van der Waals surface area (Å²) < 4.78 is 0. The lowest BCUT2D eigenvalue weighted by atomic mass is 9.75. The molecule has 3 aliphatic rings. The molecule has 1 atom stereocenters. The molecule has 0 heterocycles. The van der Waals surface area contributed by atoms with Crippen molar-refractivity contribution in [2.24, 2.45) is 11.3 Å². The van der Waals surface area contributed by atoms with Crippen LogP contribution in [0.25, 0.3) is 0 Å². The van der Waals surface area contributed by atoms with Crippen LogP contribution in [0.5, 0.6) is 0 Å². The molecule has 0 radical (unpaired) electrons. The summed E-state index contributed by atoms with van der Waals surface area (Å²) >= 11 is 0. The van der Waals surface area contributed by atoms with Crippen molar-refractivity contribution in [2.45, 2.75) is 20.3 Å². The van der Waals surface area contributed by atoms with Gasteiger partial charge in [0.2, 0.25) is 0 Å². The molecule has 3 aliphatic carbocycles. The van der Waals surface area contributed by atoms with Crippen molar-refractivity contribution in [3.8, 4) is 0 Å². The number of rotatable bonds is 0. The SMILES string of the molecule is CC1(C)C2=C(C\C=C/C=C\C=C/2)C2=C/C=C\C=C/C=C\C\21. The van der Waals surface area contributed by atoms with E-state index in [1.165, 1.54) is 16.7 Å². The fourth-order valence-electron chi connectivity index (χ4n) is 3.45. The van der Waals surface area contributed by atoms with E-state index in [4.69, 9.17) is 0 Å². The Labute approximate surface area is 128 Å². The second-order valence-electron chi connectivity index (χ2n) is 6.24. The van der Waals surface area contributed by atoms with E-state index in [9.17, 15) is 0 Å². The maximum absolute atomic E-state index is 2.36. The Morgan fingerprint density at radius 3 is 2.48 bits per heavy atom. The summed E-state index contributed by atoms with van der Waals surface area (Å²) in [6, 6.07) is 0. The van der Waals surface area contributed by atoms with Crippen molar-refractivity contribution in [1.82, 2.24) is 0 Å². The summed E-state index contributed by atoms with van der Waals surface area (Å²) in [5, 5.41) is 0. The summed E-state index contributed by atoms with van der Waals surface area (Å²) in [4.78, 5) is 0. The van der Waals surface area contributed by atoms with Gasteiger partial charge in [0, 0.05) is 11.3 Å². The van der Waals surface area contributed by atoms with Crippen LogP contribution in [-0.4, -0.2) is 0 Å². The van der Waals surface area contributed by atoms with Crippen LogP contribution >= 0.6 is 0 Å². The van der Waals surface area contributed by atoms with Crippen LogP contribution in [0, 0.1) is 11.3 Å². The van der Waals surface area contributed by atoms with Gasteiger partial charge in [0.05, 0.1) is 0 Å². The molecule has 0 aromatic rings. The van der Waals surface area contributed by atoms with E-state index < -0.39 is 0 Å². The van der Waals surface area contributed by atoms with Crippen LogP contribution in [0.4, 0.5) is 0 Å². The fraction of sp³-hybridized carbons (Fsp3) is 0.238. The maximum atomic E-state index is 2.36. The molecular weight excluding hydrogens is 252 g/mol. The van der Waals surface area contributed by atoms with Gasteiger partial charge in [-0.3, -0.25) is 0 Å². The molecule has 0 amide bonds. The van der Waals surface area contributed by atoms with E-state index >= 15 is 0 Å². The third-order valence-electron chi connectivity index (χ3n) is 4.56. The Kier molecular flexibility index (Phi) is 3.79. The van der Waals surface area contributed by atoms with Crippen LogP contribution in [-0.2, 0) is 0 Å². The van der Waals surface area contributed by atoms with Crippen molar-refractivity contribution in [2.75, 3.05) is 0 Å². The molecular formula is C21H22. The third-order valence-corrected chi connectivity index (χ3v) is 4.56. The van der Waals surface area contributed by atoms with Crippen LogP contribution in [0.2, 0.25) is 0 Å². The molecule has 1 unspecified atom stereocenters. The smallest absolute Gasteiger partial charge is 0.0116 e. The van der Waals surface area contributed by atoms with Crippen molar-refractivity contribution >= 4 is 0 Å². The molecule has 21 heavy (non-hydrogen) atoms. The number of fused-ring (bicyclic) bond motifs is 2. The Morgan fingerprint density at radius 1 is 0.857 bits per heavy atom. The van der Waals surface area contributed by atoms with E-state index in [2.05, 4.69) is 92.8 Å². The minimum Gasteiger partial charge on any atom is -0.0801 e. The molecule has 0 nitrogen and oxygen atoms in total. The second-order valence-corrected chi connectivity index (χ2v) is 6.24. The molecule has 0 fully saturated rings. The van der Waals surface area contributed by atoms with Crippen LogP contribution in [0.3, 0.4) is 0 Å². The van der Waals surface area contributed by atoms with Crippen LogP contribution in [0.1, 0.15) is 20.3 Å². The molecule has 0 N–H and O–H groups in total. The summed E-state index contributed by atoms with van der Waals surface area (Å²) in [5.74, 6) is 0.441. The summed E-state index contributed by atoms with van der Waals surface area (Å²) in [7, 11) is 0. The zero-order chi connectivity index (χ0) is 14.7. The first-order valence-electron chi connectivity index (χ1n) is 7.67. The van der Waals surface area contributed by atoms with Gasteiger partial charge in [-0.25, -0.2) is 0 Å². The Bertz CT molecular complexity index is 652. The number of hydrogen-bond donors (Lipinski definition) is 0. The third kappa shape index (κ3) is 2.58. The minimum atomic E-state index is 0.131. The number of hydrogen-bond acceptors (Lipinski definition) is 0. The van der Waals surface area contributed by atoms with E-state index in [1.807, 2.05) is 0 Å². The van der Waals surface area contributed by atoms with Crippen molar-refractivity contribution in [1.29, 1.82) is 0 Å². The lowest BCUT2D eigenvalue weighted by Gasteiger charge is -2.28. The molecule has 0 saturated carbocycles. The van der Waals surface area contributed by atoms with Crippen molar-refractivity contribution in [3.05, 3.63) is 95.7 Å². The van der Waals surface area contributed by atoms with Gasteiger partial charge in [0.15, 0.2) is 0 Å². The molecule has 3 rings (SSSR count). The minimum absolute atomic E-state index is 0.131. The van der Waals surface area contributed by atoms with Gasteiger partial charge < -0.3 is 0 Å². The molecule has 0 aliphatic heterocycles. The van der Waals surface area contributed by atoms with Gasteiger partial charge in [-0.2, -0.15) is 0 Å². The van der Waals surface area contributed by atoms with Crippen LogP contribution in [0.15, 0.2) is 95.7 Å². The highest BCUT2D eigenvalue weighted by molar-refractivity contribution is 5.56. The van der Waals surface area contributed by atoms with E-state index in [-0.39, 0.29) is 5.41 Å². The van der Waals surface area contributed by atoms with E-state index in [1.54, 1.807) is 0 Å². The zero-order valence-corrected chi connectivity index (χ0v) is 12.8. The standard InChI is InChI=1S/C21H22/c1-21(2)19-15-11-7-3-5-9-13-17(19)18-14-10-6-4-8-12-16-20(18)21/h3-13,15-16,19H,14H2,1-2H3/b7-3-,8-4-,9-5-,10-6-,15-11-,16-12-,17-13-. The molecule has 0 saturated heterocycles. The molecule has 0 bridgehead atoms. The average molecular weight is 274 g/mol. The lowest BCUT2D eigenvalue weighted by Crippen LogP contribution is -2.20. The molecule has 0 aromatic carbocycles. The van der Waals surface area contributed by atoms with Gasteiger partial charge in [0.1, 0.15) is 0 Å². The van der Waals surface area contributed by atoms with Crippen molar-refractivity contribution in [3.63, 3.8) is 0 Å². The topological polar surface area (TPSA) is 0 Å². The monoisotopic (exact) mass is 274 g/mol. The Morgan fingerprint density at radius 2 is 1.57 bits per heavy atom. The molecule has 0 aromatic heterocycles. The highest BCUT2D eigenvalue weighted by atomic mass is 14.4. The van der Waals surface area contributed by atoms with Crippen LogP contribution < -0.4 is 0 Å². The molecule has 0 spiro atoms. The normalized spacial score (nSPS) is 37.8. The predicted molar refractivity (Wildman–Crippen MR) is 91.8 cm³/mol. The van der Waals surface area contributed by atoms with E-state index in [0.717, 1.165) is 6.42 Å². The summed E-state index contributed by atoms with van der Waals surface area (Å²) in [6.45, 7) is 4.72. The van der Waals surface area contributed by atoms with Crippen molar-refractivity contribution < 1.29 is 0 Å². The molecule has 0 heteroatoms. The maximum Gasteiger partial charge on any atom is 0.0116 e. The fourth-order valence-corrected chi connectivity index (χ4v) is 3.45. The zero-order valence-electron chi connectivity index (χ0n) is 12.8. The van der Waals surface area contributed by atoms with Gasteiger partial charge in [-0.15, -0.1) is 0 Å². The lowest BCUT2D eigenvalue weighted by molar-refractivity contribution is 0.393. The Balaban J connectivity index is 2.16. The predicted octanol–water partition coefficient (Wildman–Crippen LogP) is 5.62. The van der Waals surface area contributed by atoms with Gasteiger partial charge >= 0.3 is 0 Å². The van der Waals surface area contributed by atoms with Gasteiger partial charge in [-0.05, 0) is 23.1 Å². The highest BCUT2D eigenvalue weighted by Gasteiger charge is 2.41.